The molecule has 2 aliphatic rings. The number of aliphatic hydroxyl groups excluding tert-OH is 1. The summed E-state index contributed by atoms with van der Waals surface area (Å²) in [6.45, 7) is 11.4. The molecule has 0 amide bonds. The Labute approximate surface area is 176 Å². The second-order valence-electron chi connectivity index (χ2n) is 8.35. The van der Waals surface area contributed by atoms with E-state index in [2.05, 4.69) is 6.58 Å². The lowest BCUT2D eigenvalue weighted by Gasteiger charge is -2.37. The highest BCUT2D eigenvalue weighted by molar-refractivity contribution is 5.92. The molecule has 0 radical (unpaired) electrons. The molecule has 1 N–H and O–H groups in total. The van der Waals surface area contributed by atoms with Crippen LogP contribution < -0.4 is 0 Å². The zero-order valence-corrected chi connectivity index (χ0v) is 18.1. The first-order valence-corrected chi connectivity index (χ1v) is 10.0. The molecule has 1 saturated carbocycles. The van der Waals surface area contributed by atoms with Crippen molar-refractivity contribution in [3.05, 3.63) is 23.8 Å². The molecule has 1 aliphatic carbocycles. The quantitative estimate of drug-likeness (QED) is 0.417. The zero-order chi connectivity index (χ0) is 22.8. The molecule has 6 atom stereocenters. The molecule has 0 aromatic rings. The van der Waals surface area contributed by atoms with Crippen LogP contribution in [0.5, 0.6) is 0 Å². The van der Waals surface area contributed by atoms with Crippen molar-refractivity contribution in [3.63, 3.8) is 0 Å². The molecular formula is C22H30O8. The normalized spacial score (nSPS) is 35.3. The Morgan fingerprint density at radius 1 is 1.30 bits per heavy atom. The van der Waals surface area contributed by atoms with Gasteiger partial charge in [0.1, 0.15) is 12.2 Å². The Bertz CT molecular complexity index is 782. The van der Waals surface area contributed by atoms with E-state index >= 15 is 0 Å². The number of esters is 3. The van der Waals surface area contributed by atoms with E-state index in [-0.39, 0.29) is 24.8 Å². The number of hydrogen-bond acceptors (Lipinski definition) is 8. The number of Topliss-reactive ketones (excluding diaryl/α,β-unsaturated/α-hetero) is 1. The van der Waals surface area contributed by atoms with Crippen LogP contribution in [0.25, 0.3) is 0 Å². The van der Waals surface area contributed by atoms with Crippen LogP contribution >= 0.6 is 0 Å². The highest BCUT2D eigenvalue weighted by atomic mass is 16.6. The second kappa shape index (κ2) is 9.12. The van der Waals surface area contributed by atoms with Crippen LogP contribution in [0.2, 0.25) is 0 Å². The maximum atomic E-state index is 13.0. The number of ketones is 1. The predicted molar refractivity (Wildman–Crippen MR) is 106 cm³/mol. The van der Waals surface area contributed by atoms with Crippen LogP contribution in [0.4, 0.5) is 0 Å². The van der Waals surface area contributed by atoms with Crippen LogP contribution in [-0.2, 0) is 33.4 Å². The monoisotopic (exact) mass is 422 g/mol. The van der Waals surface area contributed by atoms with Crippen LogP contribution in [0.3, 0.4) is 0 Å². The van der Waals surface area contributed by atoms with Gasteiger partial charge in [-0.1, -0.05) is 19.6 Å². The largest absolute Gasteiger partial charge is 0.458 e. The number of carbonyl (C=O) groups is 4. The number of allylic oxidation sites excluding steroid dienone is 1. The SMILES string of the molecule is C=C1C(=O)O[C@@H]2C[C@@H](C)[C@@H](O)CC(=O)[C@@](C)(OC(C)=O)C[C@H](OC(=O)/C(C)=C\C)[C@@H]12. The van der Waals surface area contributed by atoms with Crippen molar-refractivity contribution in [2.24, 2.45) is 11.8 Å². The molecule has 1 heterocycles. The van der Waals surface area contributed by atoms with Crippen molar-refractivity contribution in [1.82, 2.24) is 0 Å². The van der Waals surface area contributed by atoms with E-state index in [1.807, 2.05) is 0 Å². The second-order valence-corrected chi connectivity index (χ2v) is 8.35. The summed E-state index contributed by atoms with van der Waals surface area (Å²) >= 11 is 0. The van der Waals surface area contributed by atoms with Crippen molar-refractivity contribution >= 4 is 23.7 Å². The van der Waals surface area contributed by atoms with Crippen molar-refractivity contribution in [1.29, 1.82) is 0 Å². The minimum Gasteiger partial charge on any atom is -0.458 e. The van der Waals surface area contributed by atoms with Gasteiger partial charge in [-0.2, -0.15) is 0 Å². The topological polar surface area (TPSA) is 116 Å². The summed E-state index contributed by atoms with van der Waals surface area (Å²) in [4.78, 5) is 49.5. The predicted octanol–water partition coefficient (Wildman–Crippen LogP) is 2.03. The molecule has 0 aromatic carbocycles. The van der Waals surface area contributed by atoms with Gasteiger partial charge in [0.2, 0.25) is 0 Å². The van der Waals surface area contributed by atoms with Crippen LogP contribution in [0.1, 0.15) is 53.9 Å². The number of fused-ring (bicyclic) bond motifs is 1. The standard InChI is InChI=1S/C22H30O8/c1-7-11(2)20(26)29-17-10-22(6,30-14(5)23)18(25)9-15(24)12(3)8-16-19(17)13(4)21(27)28-16/h7,12,15-17,19,24H,4,8-10H2,1-3,5-6H3/b11-7-/t12-,15+,16-,17+,19+,22+/m1/s1. The molecular weight excluding hydrogens is 392 g/mol. The van der Waals surface area contributed by atoms with Gasteiger partial charge < -0.3 is 19.3 Å². The summed E-state index contributed by atoms with van der Waals surface area (Å²) in [6.07, 6.45) is -1.27. The first-order valence-electron chi connectivity index (χ1n) is 10.0. The van der Waals surface area contributed by atoms with Gasteiger partial charge in [0.25, 0.3) is 0 Å². The number of carbonyl (C=O) groups excluding carboxylic acids is 4. The lowest BCUT2D eigenvalue weighted by molar-refractivity contribution is -0.174. The summed E-state index contributed by atoms with van der Waals surface area (Å²) in [5.74, 6) is -3.54. The third-order valence-electron chi connectivity index (χ3n) is 5.94. The molecule has 0 unspecified atom stereocenters. The van der Waals surface area contributed by atoms with E-state index in [0.29, 0.717) is 5.57 Å². The van der Waals surface area contributed by atoms with Crippen molar-refractivity contribution in [3.8, 4) is 0 Å². The highest BCUT2D eigenvalue weighted by Gasteiger charge is 2.51. The van der Waals surface area contributed by atoms with Gasteiger partial charge in [-0.25, -0.2) is 9.59 Å². The number of aliphatic hydroxyl groups is 1. The van der Waals surface area contributed by atoms with Gasteiger partial charge in [-0.15, -0.1) is 0 Å². The maximum Gasteiger partial charge on any atom is 0.334 e. The Hall–Kier alpha value is -2.48. The highest BCUT2D eigenvalue weighted by Crippen LogP contribution is 2.40. The molecule has 2 fully saturated rings. The summed E-state index contributed by atoms with van der Waals surface area (Å²) in [5, 5.41) is 10.5. The van der Waals surface area contributed by atoms with E-state index in [0.717, 1.165) is 0 Å². The summed E-state index contributed by atoms with van der Waals surface area (Å²) < 4.78 is 16.5. The first-order chi connectivity index (χ1) is 13.9. The lowest BCUT2D eigenvalue weighted by atomic mass is 9.76. The molecule has 0 aromatic heterocycles. The Balaban J connectivity index is 2.54. The molecule has 8 nitrogen and oxygen atoms in total. The molecule has 1 aliphatic heterocycles. The minimum absolute atomic E-state index is 0.121. The Morgan fingerprint density at radius 3 is 2.50 bits per heavy atom. The molecule has 2 rings (SSSR count). The lowest BCUT2D eigenvalue weighted by Crippen LogP contribution is -2.49. The summed E-state index contributed by atoms with van der Waals surface area (Å²) in [5.41, 5.74) is -1.19. The van der Waals surface area contributed by atoms with Crippen LogP contribution in [-0.4, -0.2) is 52.7 Å². The number of ether oxygens (including phenoxy) is 3. The van der Waals surface area contributed by atoms with Gasteiger partial charge in [0.05, 0.1) is 12.0 Å². The Morgan fingerprint density at radius 2 is 1.93 bits per heavy atom. The zero-order valence-electron chi connectivity index (χ0n) is 18.1. The van der Waals surface area contributed by atoms with Gasteiger partial charge >= 0.3 is 17.9 Å². The average Bonchev–Trinajstić information content (AvgIpc) is 2.92. The fourth-order valence-corrected chi connectivity index (χ4v) is 3.94. The van der Waals surface area contributed by atoms with Crippen molar-refractivity contribution in [2.45, 2.75) is 77.8 Å². The van der Waals surface area contributed by atoms with Gasteiger partial charge in [-0.05, 0) is 33.1 Å². The molecule has 166 valence electrons. The molecule has 30 heavy (non-hydrogen) atoms. The molecule has 8 heteroatoms. The van der Waals surface area contributed by atoms with E-state index < -0.39 is 59.4 Å². The van der Waals surface area contributed by atoms with Crippen LogP contribution in [0.15, 0.2) is 23.8 Å². The first kappa shape index (κ1) is 23.8. The van der Waals surface area contributed by atoms with Crippen molar-refractivity contribution < 1.29 is 38.5 Å². The molecule has 1 saturated heterocycles. The van der Waals surface area contributed by atoms with E-state index in [1.54, 1.807) is 26.8 Å². The van der Waals surface area contributed by atoms with E-state index in [1.165, 1.54) is 13.8 Å². The number of hydrogen-bond donors (Lipinski definition) is 1. The smallest absolute Gasteiger partial charge is 0.334 e. The summed E-state index contributed by atoms with van der Waals surface area (Å²) in [6, 6.07) is 0. The fourth-order valence-electron chi connectivity index (χ4n) is 3.94. The van der Waals surface area contributed by atoms with Gasteiger partial charge in [-0.3, -0.25) is 9.59 Å². The van der Waals surface area contributed by atoms with E-state index in [9.17, 15) is 24.3 Å². The van der Waals surface area contributed by atoms with Gasteiger partial charge in [0.15, 0.2) is 11.4 Å². The average molecular weight is 422 g/mol. The van der Waals surface area contributed by atoms with Crippen LogP contribution in [0, 0.1) is 11.8 Å². The third kappa shape index (κ3) is 4.98. The minimum atomic E-state index is -1.66. The fraction of sp³-hybridized carbons (Fsp3) is 0.636. The maximum absolute atomic E-state index is 13.0. The van der Waals surface area contributed by atoms with Crippen molar-refractivity contribution in [2.75, 3.05) is 0 Å². The van der Waals surface area contributed by atoms with E-state index in [4.69, 9.17) is 14.2 Å². The molecule has 0 bridgehead atoms. The molecule has 0 spiro atoms. The number of rotatable bonds is 3. The summed E-state index contributed by atoms with van der Waals surface area (Å²) in [7, 11) is 0. The Kier molecular flexibility index (Phi) is 7.23. The third-order valence-corrected chi connectivity index (χ3v) is 5.94. The van der Waals surface area contributed by atoms with Gasteiger partial charge in [0, 0.05) is 30.9 Å².